The molecule has 0 spiro atoms. The fraction of sp³-hybridized carbons (Fsp3) is 0.458. The molecule has 3 aromatic rings. The van der Waals surface area contributed by atoms with Gasteiger partial charge in [-0.2, -0.15) is 0 Å². The van der Waals surface area contributed by atoms with Crippen LogP contribution >= 0.6 is 11.3 Å². The van der Waals surface area contributed by atoms with Crippen molar-refractivity contribution in [2.75, 3.05) is 6.61 Å². The number of aryl methyl sites for hydroxylation is 2. The third-order valence-electron chi connectivity index (χ3n) is 6.21. The van der Waals surface area contributed by atoms with E-state index in [0.29, 0.717) is 25.4 Å². The van der Waals surface area contributed by atoms with Crippen LogP contribution in [0.4, 0.5) is 0 Å². The van der Waals surface area contributed by atoms with Gasteiger partial charge in [-0.25, -0.2) is 9.97 Å². The van der Waals surface area contributed by atoms with Crippen LogP contribution in [0, 0.1) is 13.8 Å². The molecule has 3 heterocycles. The van der Waals surface area contributed by atoms with E-state index in [2.05, 4.69) is 41.8 Å². The van der Waals surface area contributed by atoms with Crippen LogP contribution in [0.1, 0.15) is 65.4 Å². The van der Waals surface area contributed by atoms with Crippen LogP contribution in [0.5, 0.6) is 0 Å². The van der Waals surface area contributed by atoms with Gasteiger partial charge in [-0.05, 0) is 70.2 Å². The summed E-state index contributed by atoms with van der Waals surface area (Å²) in [5, 5.41) is 0. The monoisotopic (exact) mass is 421 g/mol. The van der Waals surface area contributed by atoms with E-state index in [-0.39, 0.29) is 5.97 Å². The predicted octanol–water partition coefficient (Wildman–Crippen LogP) is 5.19. The molecule has 0 N–H and O–H groups in total. The number of fused-ring (bicyclic) bond motifs is 1. The molecule has 1 saturated carbocycles. The number of aromatic nitrogens is 3. The van der Waals surface area contributed by atoms with Crippen molar-refractivity contribution in [1.29, 1.82) is 0 Å². The molecule has 156 valence electrons. The van der Waals surface area contributed by atoms with E-state index < -0.39 is 5.41 Å². The van der Waals surface area contributed by atoms with Gasteiger partial charge < -0.3 is 9.30 Å². The average Bonchev–Trinajstić information content (AvgIpc) is 3.12. The largest absolute Gasteiger partial charge is 0.465 e. The molecule has 0 aliphatic heterocycles. The second kappa shape index (κ2) is 7.34. The van der Waals surface area contributed by atoms with Crippen molar-refractivity contribution >= 4 is 28.5 Å². The second-order valence-electron chi connectivity index (χ2n) is 8.53. The molecule has 0 aromatic carbocycles. The Balaban J connectivity index is 1.52. The molecule has 5 rings (SSSR count). The van der Waals surface area contributed by atoms with Crippen molar-refractivity contribution in [1.82, 2.24) is 14.5 Å². The van der Waals surface area contributed by atoms with Crippen LogP contribution in [-0.4, -0.2) is 27.1 Å². The summed E-state index contributed by atoms with van der Waals surface area (Å²) in [5.41, 5.74) is 3.65. The number of rotatable bonds is 6. The maximum Gasteiger partial charge on any atom is 0.318 e. The number of carbonyl (C=O) groups excluding carboxylic acids is 1. The highest BCUT2D eigenvalue weighted by atomic mass is 32.1. The quantitative estimate of drug-likeness (QED) is 0.406. The molecule has 30 heavy (non-hydrogen) atoms. The summed E-state index contributed by atoms with van der Waals surface area (Å²) >= 11 is 1.72. The van der Waals surface area contributed by atoms with Gasteiger partial charge in [-0.3, -0.25) is 4.79 Å². The van der Waals surface area contributed by atoms with Crippen molar-refractivity contribution in [3.8, 4) is 0 Å². The van der Waals surface area contributed by atoms with Gasteiger partial charge in [0.05, 0.1) is 13.2 Å². The smallest absolute Gasteiger partial charge is 0.318 e. The second-order valence-corrected chi connectivity index (χ2v) is 9.70. The highest BCUT2D eigenvalue weighted by Crippen LogP contribution is 2.43. The van der Waals surface area contributed by atoms with E-state index >= 15 is 0 Å². The standard InChI is InChI=1S/C24H27N3O2S/c1-4-29-23(28)24(11-5-6-12-24)19-10-9-18(30-19)14-27-21(17-7-8-17)26-20-15(2)13-16(3)25-22(20)27/h5-6,9-10,13,17H,4,7-8,11-12,14H2,1-3H3. The molecule has 1 fully saturated rings. The van der Waals surface area contributed by atoms with Gasteiger partial charge in [-0.1, -0.05) is 12.2 Å². The van der Waals surface area contributed by atoms with E-state index in [9.17, 15) is 4.79 Å². The van der Waals surface area contributed by atoms with Crippen molar-refractivity contribution in [3.05, 3.63) is 57.2 Å². The van der Waals surface area contributed by atoms with E-state index in [4.69, 9.17) is 14.7 Å². The number of esters is 1. The van der Waals surface area contributed by atoms with E-state index in [1.165, 1.54) is 23.3 Å². The first-order valence-corrected chi connectivity index (χ1v) is 11.6. The summed E-state index contributed by atoms with van der Waals surface area (Å²) in [7, 11) is 0. The number of allylic oxidation sites excluding steroid dienone is 2. The summed E-state index contributed by atoms with van der Waals surface area (Å²) in [6, 6.07) is 6.38. The fourth-order valence-electron chi connectivity index (χ4n) is 4.50. The average molecular weight is 422 g/mol. The molecule has 2 aliphatic carbocycles. The molecular formula is C24H27N3O2S. The van der Waals surface area contributed by atoms with Crippen LogP contribution in [0.25, 0.3) is 11.2 Å². The first-order chi connectivity index (χ1) is 14.5. The zero-order chi connectivity index (χ0) is 20.9. The van der Waals surface area contributed by atoms with Crippen LogP contribution in [0.2, 0.25) is 0 Å². The number of nitrogens with zero attached hydrogens (tertiary/aromatic N) is 3. The lowest BCUT2D eigenvalue weighted by Gasteiger charge is -2.25. The third-order valence-corrected chi connectivity index (χ3v) is 7.48. The number of imidazole rings is 1. The molecule has 0 unspecified atom stereocenters. The summed E-state index contributed by atoms with van der Waals surface area (Å²) in [5.74, 6) is 1.59. The normalized spacial score (nSPS) is 17.7. The van der Waals surface area contributed by atoms with Gasteiger partial charge in [0.2, 0.25) is 0 Å². The van der Waals surface area contributed by atoms with E-state index in [0.717, 1.165) is 34.1 Å². The Kier molecular flexibility index (Phi) is 4.77. The lowest BCUT2D eigenvalue weighted by Crippen LogP contribution is -2.34. The molecule has 0 saturated heterocycles. The maximum absolute atomic E-state index is 12.8. The van der Waals surface area contributed by atoms with Gasteiger partial charge >= 0.3 is 5.97 Å². The maximum atomic E-state index is 12.8. The topological polar surface area (TPSA) is 57.0 Å². The molecule has 0 amide bonds. The lowest BCUT2D eigenvalue weighted by molar-refractivity contribution is -0.149. The molecule has 2 aliphatic rings. The highest BCUT2D eigenvalue weighted by molar-refractivity contribution is 7.12. The van der Waals surface area contributed by atoms with Crippen molar-refractivity contribution < 1.29 is 9.53 Å². The van der Waals surface area contributed by atoms with E-state index in [1.807, 2.05) is 13.8 Å². The van der Waals surface area contributed by atoms with Crippen molar-refractivity contribution in [2.45, 2.75) is 64.3 Å². The van der Waals surface area contributed by atoms with Crippen LogP contribution in [0.15, 0.2) is 30.4 Å². The first kappa shape index (κ1) is 19.5. The Labute approximate surface area is 180 Å². The lowest BCUT2D eigenvalue weighted by atomic mass is 9.84. The van der Waals surface area contributed by atoms with Crippen LogP contribution < -0.4 is 0 Å². The number of ether oxygens (including phenoxy) is 1. The zero-order valence-electron chi connectivity index (χ0n) is 17.8. The minimum Gasteiger partial charge on any atom is -0.465 e. The predicted molar refractivity (Wildman–Crippen MR) is 119 cm³/mol. The van der Waals surface area contributed by atoms with Gasteiger partial charge in [0, 0.05) is 21.4 Å². The molecule has 0 bridgehead atoms. The van der Waals surface area contributed by atoms with Crippen LogP contribution in [0.3, 0.4) is 0 Å². The minimum absolute atomic E-state index is 0.108. The summed E-state index contributed by atoms with van der Waals surface area (Å²) < 4.78 is 7.74. The van der Waals surface area contributed by atoms with Crippen molar-refractivity contribution in [3.63, 3.8) is 0 Å². The van der Waals surface area contributed by atoms with Crippen molar-refractivity contribution in [2.24, 2.45) is 0 Å². The SMILES string of the molecule is CCOC(=O)C1(c2ccc(Cn3c(C4CC4)nc4c(C)cc(C)nc43)s2)CC=CC1. The number of hydrogen-bond acceptors (Lipinski definition) is 5. The zero-order valence-corrected chi connectivity index (χ0v) is 18.6. The third kappa shape index (κ3) is 3.18. The molecule has 6 heteroatoms. The highest BCUT2D eigenvalue weighted by Gasteiger charge is 2.43. The molecule has 0 radical (unpaired) electrons. The Hall–Kier alpha value is -2.47. The molecule has 3 aromatic heterocycles. The molecule has 5 nitrogen and oxygen atoms in total. The Morgan fingerprint density at radius 2 is 2.00 bits per heavy atom. The summed E-state index contributed by atoms with van der Waals surface area (Å²) in [4.78, 5) is 25.0. The van der Waals surface area contributed by atoms with Crippen LogP contribution in [-0.2, 0) is 21.5 Å². The Morgan fingerprint density at radius 1 is 1.23 bits per heavy atom. The number of carbonyl (C=O) groups is 1. The molecule has 0 atom stereocenters. The number of pyridine rings is 1. The van der Waals surface area contributed by atoms with Gasteiger partial charge in [0.1, 0.15) is 16.8 Å². The Bertz CT molecular complexity index is 1140. The summed E-state index contributed by atoms with van der Waals surface area (Å²) in [6.45, 7) is 7.18. The van der Waals surface area contributed by atoms with Gasteiger partial charge in [-0.15, -0.1) is 11.3 Å². The molecular weight excluding hydrogens is 394 g/mol. The van der Waals surface area contributed by atoms with E-state index in [1.54, 1.807) is 11.3 Å². The van der Waals surface area contributed by atoms with Gasteiger partial charge in [0.15, 0.2) is 5.65 Å². The Morgan fingerprint density at radius 3 is 2.70 bits per heavy atom. The number of thiophene rings is 1. The minimum atomic E-state index is -0.555. The fourth-order valence-corrected chi connectivity index (χ4v) is 5.69. The first-order valence-electron chi connectivity index (χ1n) is 10.8. The summed E-state index contributed by atoms with van der Waals surface area (Å²) in [6.07, 6.45) is 8.03. The van der Waals surface area contributed by atoms with Gasteiger partial charge in [0.25, 0.3) is 0 Å². The number of hydrogen-bond donors (Lipinski definition) is 0.